The van der Waals surface area contributed by atoms with Gasteiger partial charge >= 0.3 is 5.97 Å². The van der Waals surface area contributed by atoms with Crippen molar-refractivity contribution in [2.45, 2.75) is 25.8 Å². The molecule has 0 radical (unpaired) electrons. The molecule has 0 spiro atoms. The number of carboxylic acids is 1. The Balaban J connectivity index is 1.89. The molecule has 1 amide bonds. The highest BCUT2D eigenvalue weighted by Crippen LogP contribution is 2.31. The van der Waals surface area contributed by atoms with E-state index in [4.69, 9.17) is 5.11 Å². The van der Waals surface area contributed by atoms with Crippen LogP contribution in [0.2, 0.25) is 0 Å². The van der Waals surface area contributed by atoms with Crippen molar-refractivity contribution >= 4 is 11.9 Å². The fraction of sp³-hybridized carbons (Fsp3) is 0.545. The zero-order valence-electron chi connectivity index (χ0n) is 9.35. The third-order valence-electron chi connectivity index (χ3n) is 3.18. The number of H-pyrrole nitrogens is 1. The standard InChI is InChI=1S/C11H15N3O3/c15-10(12-6-7-4-5-13-14-7)8-2-1-3-9(8)11(16)17/h4-5,8-9H,1-3,6H2,(H,12,15)(H,13,14)(H,16,17)/t8-,9+/m1/s1. The Hall–Kier alpha value is -1.85. The summed E-state index contributed by atoms with van der Waals surface area (Å²) in [4.78, 5) is 22.8. The first-order valence-corrected chi connectivity index (χ1v) is 5.67. The Morgan fingerprint density at radius 2 is 2.24 bits per heavy atom. The maximum absolute atomic E-state index is 11.8. The Bertz CT molecular complexity index is 402. The minimum Gasteiger partial charge on any atom is -0.481 e. The molecule has 6 heteroatoms. The molecule has 0 aromatic carbocycles. The number of rotatable bonds is 4. The third kappa shape index (κ3) is 2.64. The second kappa shape index (κ2) is 4.99. The van der Waals surface area contributed by atoms with Crippen LogP contribution in [0.4, 0.5) is 0 Å². The molecule has 1 aromatic heterocycles. The van der Waals surface area contributed by atoms with E-state index in [1.165, 1.54) is 0 Å². The summed E-state index contributed by atoms with van der Waals surface area (Å²) < 4.78 is 0. The van der Waals surface area contributed by atoms with Crippen molar-refractivity contribution in [3.05, 3.63) is 18.0 Å². The first kappa shape index (κ1) is 11.6. The molecule has 0 saturated heterocycles. The van der Waals surface area contributed by atoms with Crippen molar-refractivity contribution in [2.75, 3.05) is 0 Å². The maximum Gasteiger partial charge on any atom is 0.307 e. The zero-order valence-corrected chi connectivity index (χ0v) is 9.35. The van der Waals surface area contributed by atoms with E-state index in [0.29, 0.717) is 19.4 Å². The summed E-state index contributed by atoms with van der Waals surface area (Å²) in [5.41, 5.74) is 0.809. The molecule has 17 heavy (non-hydrogen) atoms. The second-order valence-electron chi connectivity index (χ2n) is 4.28. The van der Waals surface area contributed by atoms with Crippen molar-refractivity contribution in [1.82, 2.24) is 15.5 Å². The SMILES string of the molecule is O=C(O)[C@H]1CCC[C@H]1C(=O)NCc1ccn[nH]1. The molecule has 2 rings (SSSR count). The molecule has 6 nitrogen and oxygen atoms in total. The molecule has 1 saturated carbocycles. The Morgan fingerprint density at radius 3 is 2.88 bits per heavy atom. The fourth-order valence-electron chi connectivity index (χ4n) is 2.27. The van der Waals surface area contributed by atoms with Gasteiger partial charge < -0.3 is 10.4 Å². The van der Waals surface area contributed by atoms with Crippen LogP contribution in [0.5, 0.6) is 0 Å². The number of carbonyl (C=O) groups is 2. The quantitative estimate of drug-likeness (QED) is 0.711. The average Bonchev–Trinajstić information content (AvgIpc) is 2.96. The summed E-state index contributed by atoms with van der Waals surface area (Å²) >= 11 is 0. The zero-order chi connectivity index (χ0) is 12.3. The van der Waals surface area contributed by atoms with Gasteiger partial charge in [-0.3, -0.25) is 14.7 Å². The number of aromatic amines is 1. The van der Waals surface area contributed by atoms with Crippen LogP contribution >= 0.6 is 0 Å². The van der Waals surface area contributed by atoms with E-state index >= 15 is 0 Å². The molecule has 3 N–H and O–H groups in total. The van der Waals surface area contributed by atoms with Gasteiger partial charge in [-0.15, -0.1) is 0 Å². The Kier molecular flexibility index (Phi) is 3.41. The first-order valence-electron chi connectivity index (χ1n) is 5.67. The normalized spacial score (nSPS) is 23.5. The van der Waals surface area contributed by atoms with Gasteiger partial charge in [-0.25, -0.2) is 0 Å². The third-order valence-corrected chi connectivity index (χ3v) is 3.18. The maximum atomic E-state index is 11.8. The van der Waals surface area contributed by atoms with Gasteiger partial charge in [0.25, 0.3) is 0 Å². The molecule has 1 fully saturated rings. The number of hydrogen-bond acceptors (Lipinski definition) is 3. The van der Waals surface area contributed by atoms with Crippen molar-refractivity contribution in [1.29, 1.82) is 0 Å². The lowest BCUT2D eigenvalue weighted by atomic mass is 9.95. The molecule has 1 heterocycles. The number of nitrogens with zero attached hydrogens (tertiary/aromatic N) is 1. The molecule has 2 atom stereocenters. The van der Waals surface area contributed by atoms with Crippen molar-refractivity contribution in [3.63, 3.8) is 0 Å². The van der Waals surface area contributed by atoms with Gasteiger partial charge in [0.2, 0.25) is 5.91 Å². The van der Waals surface area contributed by atoms with E-state index in [1.54, 1.807) is 12.3 Å². The van der Waals surface area contributed by atoms with Crippen LogP contribution in [0.1, 0.15) is 25.0 Å². The van der Waals surface area contributed by atoms with Crippen molar-refractivity contribution < 1.29 is 14.7 Å². The van der Waals surface area contributed by atoms with Crippen LogP contribution < -0.4 is 5.32 Å². The van der Waals surface area contributed by atoms with Crippen LogP contribution in [0.15, 0.2) is 12.3 Å². The van der Waals surface area contributed by atoms with Crippen LogP contribution in [0, 0.1) is 11.8 Å². The summed E-state index contributed by atoms with van der Waals surface area (Å²) in [7, 11) is 0. The lowest BCUT2D eigenvalue weighted by Crippen LogP contribution is -2.34. The highest BCUT2D eigenvalue weighted by atomic mass is 16.4. The van der Waals surface area contributed by atoms with Crippen LogP contribution in [-0.4, -0.2) is 27.2 Å². The molecular formula is C11H15N3O3. The lowest BCUT2D eigenvalue weighted by molar-refractivity contribution is -0.146. The largest absolute Gasteiger partial charge is 0.481 e. The number of carboxylic acid groups (broad SMARTS) is 1. The molecule has 0 bridgehead atoms. The Morgan fingerprint density at radius 1 is 1.47 bits per heavy atom. The van der Waals surface area contributed by atoms with Gasteiger partial charge in [0.1, 0.15) is 0 Å². The van der Waals surface area contributed by atoms with Crippen LogP contribution in [-0.2, 0) is 16.1 Å². The van der Waals surface area contributed by atoms with Crippen LogP contribution in [0.25, 0.3) is 0 Å². The number of carbonyl (C=O) groups excluding carboxylic acids is 1. The molecule has 0 aliphatic heterocycles. The minimum atomic E-state index is -0.871. The van der Waals surface area contributed by atoms with Crippen LogP contribution in [0.3, 0.4) is 0 Å². The molecular weight excluding hydrogens is 222 g/mol. The fourth-order valence-corrected chi connectivity index (χ4v) is 2.27. The molecule has 1 aliphatic rings. The number of aromatic nitrogens is 2. The smallest absolute Gasteiger partial charge is 0.307 e. The van der Waals surface area contributed by atoms with Gasteiger partial charge in [0.15, 0.2) is 0 Å². The topological polar surface area (TPSA) is 95.1 Å². The predicted molar refractivity (Wildman–Crippen MR) is 58.9 cm³/mol. The summed E-state index contributed by atoms with van der Waals surface area (Å²) in [6.45, 7) is 0.363. The second-order valence-corrected chi connectivity index (χ2v) is 4.28. The van der Waals surface area contributed by atoms with Crippen molar-refractivity contribution in [3.8, 4) is 0 Å². The van der Waals surface area contributed by atoms with Gasteiger partial charge in [0.05, 0.1) is 24.1 Å². The highest BCUT2D eigenvalue weighted by molar-refractivity contribution is 5.85. The predicted octanol–water partition coefficient (Wildman–Crippen LogP) is 0.527. The number of nitrogens with one attached hydrogen (secondary N) is 2. The first-order chi connectivity index (χ1) is 8.18. The summed E-state index contributed by atoms with van der Waals surface area (Å²) in [6, 6.07) is 1.77. The minimum absolute atomic E-state index is 0.176. The van der Waals surface area contributed by atoms with E-state index in [0.717, 1.165) is 12.1 Å². The molecule has 1 aliphatic carbocycles. The van der Waals surface area contributed by atoms with Gasteiger partial charge in [-0.2, -0.15) is 5.10 Å². The van der Waals surface area contributed by atoms with Gasteiger partial charge in [-0.05, 0) is 18.9 Å². The van der Waals surface area contributed by atoms with E-state index < -0.39 is 17.8 Å². The van der Waals surface area contributed by atoms with Gasteiger partial charge in [0, 0.05) is 6.20 Å². The number of aliphatic carboxylic acids is 1. The molecule has 92 valence electrons. The summed E-state index contributed by atoms with van der Waals surface area (Å²) in [5.74, 6) is -1.97. The Labute approximate surface area is 98.4 Å². The van der Waals surface area contributed by atoms with E-state index in [-0.39, 0.29) is 5.91 Å². The number of amides is 1. The van der Waals surface area contributed by atoms with E-state index in [1.807, 2.05) is 0 Å². The highest BCUT2D eigenvalue weighted by Gasteiger charge is 2.37. The molecule has 0 unspecified atom stereocenters. The lowest BCUT2D eigenvalue weighted by Gasteiger charge is -2.14. The van der Waals surface area contributed by atoms with Gasteiger partial charge in [-0.1, -0.05) is 6.42 Å². The van der Waals surface area contributed by atoms with Crippen molar-refractivity contribution in [2.24, 2.45) is 11.8 Å². The monoisotopic (exact) mass is 237 g/mol. The average molecular weight is 237 g/mol. The summed E-state index contributed by atoms with van der Waals surface area (Å²) in [6.07, 6.45) is 3.67. The van der Waals surface area contributed by atoms with E-state index in [2.05, 4.69) is 15.5 Å². The molecule has 1 aromatic rings. The van der Waals surface area contributed by atoms with E-state index in [9.17, 15) is 9.59 Å². The summed E-state index contributed by atoms with van der Waals surface area (Å²) in [5, 5.41) is 18.2. The number of hydrogen-bond donors (Lipinski definition) is 3.